The molecule has 1 amide bonds. The summed E-state index contributed by atoms with van der Waals surface area (Å²) in [6.07, 6.45) is -5.95. The van der Waals surface area contributed by atoms with Gasteiger partial charge in [-0.05, 0) is 47.5 Å². The summed E-state index contributed by atoms with van der Waals surface area (Å²) in [5, 5.41) is 0. The summed E-state index contributed by atoms with van der Waals surface area (Å²) in [5.41, 5.74) is -3.70. The van der Waals surface area contributed by atoms with Crippen LogP contribution in [0.15, 0.2) is 76.8 Å². The number of rotatable bonds is 7. The highest BCUT2D eigenvalue weighted by atomic mass is 32.2. The molecule has 0 spiro atoms. The zero-order valence-corrected chi connectivity index (χ0v) is 21.1. The summed E-state index contributed by atoms with van der Waals surface area (Å²) >= 11 is 0.518. The number of para-hydroxylation sites is 1. The highest BCUT2D eigenvalue weighted by Crippen LogP contribution is 2.49. The van der Waals surface area contributed by atoms with Crippen LogP contribution in [0.1, 0.15) is 22.3 Å². The number of aromatic nitrogens is 1. The molecule has 4 rings (SSSR count). The summed E-state index contributed by atoms with van der Waals surface area (Å²) in [4.78, 5) is 17.2. The summed E-state index contributed by atoms with van der Waals surface area (Å²) in [6, 6.07) is 11.5. The summed E-state index contributed by atoms with van der Waals surface area (Å²) in [5.74, 6) is -0.403. The molecule has 0 bridgehead atoms. The Morgan fingerprint density at radius 3 is 2.26 bits per heavy atom. The molecule has 2 heterocycles. The van der Waals surface area contributed by atoms with E-state index in [1.54, 1.807) is 36.7 Å². The molecule has 1 aliphatic heterocycles. The van der Waals surface area contributed by atoms with E-state index in [0.29, 0.717) is 11.8 Å². The molecular weight excluding hydrogens is 546 g/mol. The minimum absolute atomic E-state index is 0.0843. The number of ether oxygens (including phenoxy) is 2. The number of alkyl halides is 6. The Kier molecular flexibility index (Phi) is 8.86. The number of hydrogen-bond acceptors (Lipinski definition) is 5. The van der Waals surface area contributed by atoms with Crippen LogP contribution in [0.4, 0.5) is 26.3 Å². The second-order valence-corrected chi connectivity index (χ2v) is 9.45. The number of benzene rings is 2. The predicted octanol–water partition coefficient (Wildman–Crippen LogP) is 6.72. The lowest BCUT2D eigenvalue weighted by molar-refractivity contribution is -0.163. The van der Waals surface area contributed by atoms with Gasteiger partial charge in [-0.3, -0.25) is 9.78 Å². The molecule has 0 atom stereocenters. The van der Waals surface area contributed by atoms with Gasteiger partial charge < -0.3 is 14.4 Å². The van der Waals surface area contributed by atoms with Crippen LogP contribution in [-0.2, 0) is 28.5 Å². The topological polar surface area (TPSA) is 51.7 Å². The van der Waals surface area contributed by atoms with Gasteiger partial charge >= 0.3 is 12.4 Å². The van der Waals surface area contributed by atoms with Gasteiger partial charge in [-0.15, -0.1) is 0 Å². The van der Waals surface area contributed by atoms with Crippen LogP contribution in [0.2, 0.25) is 0 Å². The van der Waals surface area contributed by atoms with Crippen LogP contribution >= 0.6 is 11.8 Å². The number of nitrogens with zero attached hydrogens (tertiary/aromatic N) is 2. The SMILES string of the molecule is O=C(/C=C/c1ccc(Sc2ccccc2OCc2ccncc2)c(C(F)(F)F)c1C(F)(F)F)N1CCOCC1. The number of hydrogen-bond donors (Lipinski definition) is 0. The van der Waals surface area contributed by atoms with Crippen LogP contribution in [0.25, 0.3) is 6.08 Å². The molecule has 0 aliphatic carbocycles. The molecule has 1 aliphatic rings. The maximum absolute atomic E-state index is 14.2. The smallest absolute Gasteiger partial charge is 0.418 e. The predicted molar refractivity (Wildman–Crippen MR) is 132 cm³/mol. The van der Waals surface area contributed by atoms with Crippen molar-refractivity contribution in [2.24, 2.45) is 0 Å². The standard InChI is InChI=1S/C27H22F6N2O3S/c28-26(29,30)24-19(6-8-23(36)35-13-15-37-16-14-35)5-7-22(25(24)27(31,32)33)39-21-4-2-1-3-20(21)38-17-18-9-11-34-12-10-18/h1-12H,13-17H2/b8-6+. The molecule has 1 saturated heterocycles. The highest BCUT2D eigenvalue weighted by Gasteiger charge is 2.46. The van der Waals surface area contributed by atoms with E-state index in [-0.39, 0.29) is 43.6 Å². The first-order valence-corrected chi connectivity index (χ1v) is 12.5. The van der Waals surface area contributed by atoms with E-state index >= 15 is 0 Å². The Morgan fingerprint density at radius 1 is 0.923 bits per heavy atom. The van der Waals surface area contributed by atoms with Gasteiger partial charge in [0.05, 0.1) is 29.2 Å². The summed E-state index contributed by atoms with van der Waals surface area (Å²) < 4.78 is 96.0. The Bertz CT molecular complexity index is 1320. The number of pyridine rings is 1. The maximum Gasteiger partial charge on any atom is 0.418 e. The van der Waals surface area contributed by atoms with E-state index < -0.39 is 39.8 Å². The van der Waals surface area contributed by atoms with Crippen LogP contribution in [-0.4, -0.2) is 42.1 Å². The van der Waals surface area contributed by atoms with E-state index in [2.05, 4.69) is 4.98 Å². The summed E-state index contributed by atoms with van der Waals surface area (Å²) in [7, 11) is 0. The number of morpholine rings is 1. The van der Waals surface area contributed by atoms with Crippen molar-refractivity contribution >= 4 is 23.7 Å². The summed E-state index contributed by atoms with van der Waals surface area (Å²) in [6.45, 7) is 1.10. The number of amides is 1. The Labute approximate surface area is 224 Å². The van der Waals surface area contributed by atoms with Crippen molar-refractivity contribution in [1.82, 2.24) is 9.88 Å². The fourth-order valence-electron chi connectivity index (χ4n) is 3.87. The normalized spacial score (nSPS) is 14.6. The van der Waals surface area contributed by atoms with Gasteiger partial charge in [0, 0.05) is 36.5 Å². The van der Waals surface area contributed by atoms with Gasteiger partial charge in [-0.2, -0.15) is 26.3 Å². The van der Waals surface area contributed by atoms with Crippen LogP contribution < -0.4 is 4.74 Å². The van der Waals surface area contributed by atoms with E-state index in [0.717, 1.165) is 29.8 Å². The minimum Gasteiger partial charge on any atom is -0.488 e. The van der Waals surface area contributed by atoms with Crippen molar-refractivity contribution in [3.8, 4) is 5.75 Å². The molecule has 0 radical (unpaired) electrons. The number of halogens is 6. The Morgan fingerprint density at radius 2 is 1.59 bits per heavy atom. The first-order valence-electron chi connectivity index (χ1n) is 11.7. The van der Waals surface area contributed by atoms with Gasteiger partial charge in [0.25, 0.3) is 0 Å². The third kappa shape index (κ3) is 7.33. The first kappa shape index (κ1) is 28.5. The van der Waals surface area contributed by atoms with Crippen molar-refractivity contribution in [2.75, 3.05) is 26.3 Å². The highest BCUT2D eigenvalue weighted by molar-refractivity contribution is 7.99. The fraction of sp³-hybridized carbons (Fsp3) is 0.259. The fourth-order valence-corrected chi connectivity index (χ4v) is 4.94. The van der Waals surface area contributed by atoms with Crippen LogP contribution in [0.3, 0.4) is 0 Å². The average molecular weight is 569 g/mol. The van der Waals surface area contributed by atoms with Gasteiger partial charge in [0.15, 0.2) is 0 Å². The molecule has 0 N–H and O–H groups in total. The third-order valence-corrected chi connectivity index (χ3v) is 6.82. The molecule has 12 heteroatoms. The average Bonchev–Trinajstić information content (AvgIpc) is 2.91. The molecular formula is C27H22F6N2O3S. The largest absolute Gasteiger partial charge is 0.488 e. The monoisotopic (exact) mass is 568 g/mol. The maximum atomic E-state index is 14.2. The van der Waals surface area contributed by atoms with E-state index in [4.69, 9.17) is 9.47 Å². The molecule has 5 nitrogen and oxygen atoms in total. The van der Waals surface area contributed by atoms with E-state index in [9.17, 15) is 31.1 Å². The van der Waals surface area contributed by atoms with Crippen molar-refractivity contribution in [3.63, 3.8) is 0 Å². The van der Waals surface area contributed by atoms with Crippen molar-refractivity contribution < 1.29 is 40.6 Å². The van der Waals surface area contributed by atoms with Crippen molar-refractivity contribution in [3.05, 3.63) is 89.3 Å². The number of carbonyl (C=O) groups is 1. The van der Waals surface area contributed by atoms with Crippen LogP contribution in [0.5, 0.6) is 5.75 Å². The second kappa shape index (κ2) is 12.1. The Hall–Kier alpha value is -3.51. The van der Waals surface area contributed by atoms with Crippen molar-refractivity contribution in [2.45, 2.75) is 28.8 Å². The van der Waals surface area contributed by atoms with E-state index in [1.165, 1.54) is 17.0 Å². The Balaban J connectivity index is 1.70. The minimum atomic E-state index is -5.35. The lowest BCUT2D eigenvalue weighted by Gasteiger charge is -2.25. The molecule has 3 aromatic rings. The molecule has 0 saturated carbocycles. The lowest BCUT2D eigenvalue weighted by Crippen LogP contribution is -2.39. The molecule has 0 unspecified atom stereocenters. The molecule has 1 aromatic heterocycles. The van der Waals surface area contributed by atoms with Gasteiger partial charge in [-0.25, -0.2) is 0 Å². The zero-order chi connectivity index (χ0) is 28.0. The third-order valence-electron chi connectivity index (χ3n) is 5.71. The molecule has 206 valence electrons. The molecule has 2 aromatic carbocycles. The van der Waals surface area contributed by atoms with Crippen LogP contribution in [0, 0.1) is 0 Å². The van der Waals surface area contributed by atoms with Crippen molar-refractivity contribution in [1.29, 1.82) is 0 Å². The molecule has 1 fully saturated rings. The van der Waals surface area contributed by atoms with Gasteiger partial charge in [0.2, 0.25) is 5.91 Å². The van der Waals surface area contributed by atoms with Gasteiger partial charge in [-0.1, -0.05) is 30.0 Å². The second-order valence-electron chi connectivity index (χ2n) is 8.36. The van der Waals surface area contributed by atoms with E-state index in [1.807, 2.05) is 0 Å². The lowest BCUT2D eigenvalue weighted by atomic mass is 9.99. The first-order chi connectivity index (χ1) is 18.5. The quantitative estimate of drug-likeness (QED) is 0.234. The number of carbonyl (C=O) groups excluding carboxylic acids is 1. The molecule has 39 heavy (non-hydrogen) atoms. The van der Waals surface area contributed by atoms with Gasteiger partial charge in [0.1, 0.15) is 12.4 Å². The zero-order valence-electron chi connectivity index (χ0n) is 20.3.